The van der Waals surface area contributed by atoms with Crippen LogP contribution in [0.2, 0.25) is 0 Å². The molecule has 0 atom stereocenters. The van der Waals surface area contributed by atoms with Crippen LogP contribution in [0.5, 0.6) is 5.75 Å². The van der Waals surface area contributed by atoms with Crippen LogP contribution in [0.15, 0.2) is 56.1 Å². The zero-order valence-corrected chi connectivity index (χ0v) is 16.2. The second-order valence-corrected chi connectivity index (χ2v) is 7.10. The largest absolute Gasteiger partial charge is 0.487 e. The molecule has 2 aromatic rings. The fraction of sp³-hybridized carbons (Fsp3) is 0.111. The number of oxime groups is 1. The van der Waals surface area contributed by atoms with E-state index in [2.05, 4.69) is 41.9 Å². The average molecular weight is 469 g/mol. The standard InChI is InChI=1S/C18H12Br2FNO3/c1-10-15(18(23)25-22-10)7-12-6-13(19)8-16(20)17(12)24-9-11-2-4-14(21)5-3-11/h2-8H,9H2,1H3/b15-7-. The summed E-state index contributed by atoms with van der Waals surface area (Å²) in [4.78, 5) is 16.4. The van der Waals surface area contributed by atoms with Gasteiger partial charge in [-0.15, -0.1) is 0 Å². The van der Waals surface area contributed by atoms with Crippen LogP contribution < -0.4 is 4.74 Å². The van der Waals surface area contributed by atoms with Gasteiger partial charge in [-0.2, -0.15) is 0 Å². The molecule has 0 saturated carbocycles. The Morgan fingerprint density at radius 1 is 1.24 bits per heavy atom. The van der Waals surface area contributed by atoms with E-state index < -0.39 is 5.97 Å². The summed E-state index contributed by atoms with van der Waals surface area (Å²) in [5.41, 5.74) is 2.39. The second-order valence-electron chi connectivity index (χ2n) is 5.33. The first-order chi connectivity index (χ1) is 11.9. The van der Waals surface area contributed by atoms with Crippen molar-refractivity contribution < 1.29 is 18.8 Å². The van der Waals surface area contributed by atoms with Crippen molar-refractivity contribution in [2.75, 3.05) is 0 Å². The van der Waals surface area contributed by atoms with E-state index in [9.17, 15) is 9.18 Å². The van der Waals surface area contributed by atoms with Gasteiger partial charge in [0.05, 0.1) is 15.8 Å². The third-order valence-electron chi connectivity index (χ3n) is 3.51. The lowest BCUT2D eigenvalue weighted by Gasteiger charge is -2.13. The highest BCUT2D eigenvalue weighted by Gasteiger charge is 2.23. The number of halogens is 3. The molecule has 0 fully saturated rings. The number of benzene rings is 2. The maximum absolute atomic E-state index is 13.0. The minimum atomic E-state index is -0.502. The van der Waals surface area contributed by atoms with Gasteiger partial charge in [-0.1, -0.05) is 33.2 Å². The highest BCUT2D eigenvalue weighted by Crippen LogP contribution is 2.35. The topological polar surface area (TPSA) is 47.9 Å². The number of carbonyl (C=O) groups is 1. The summed E-state index contributed by atoms with van der Waals surface area (Å²) in [7, 11) is 0. The number of nitrogens with zero attached hydrogens (tertiary/aromatic N) is 1. The van der Waals surface area contributed by atoms with Crippen molar-refractivity contribution in [1.82, 2.24) is 0 Å². The summed E-state index contributed by atoms with van der Waals surface area (Å²) in [6, 6.07) is 9.75. The molecule has 1 aliphatic heterocycles. The molecule has 0 bridgehead atoms. The molecule has 0 N–H and O–H groups in total. The van der Waals surface area contributed by atoms with Gasteiger partial charge in [-0.05, 0) is 58.8 Å². The minimum Gasteiger partial charge on any atom is -0.487 e. The average Bonchev–Trinajstić information content (AvgIpc) is 2.87. The SMILES string of the molecule is CC1=NOC(=O)/C1=C\c1cc(Br)cc(Br)c1OCc1ccc(F)cc1. The molecule has 128 valence electrons. The lowest BCUT2D eigenvalue weighted by molar-refractivity contribution is -0.136. The van der Waals surface area contributed by atoms with E-state index in [-0.39, 0.29) is 12.4 Å². The summed E-state index contributed by atoms with van der Waals surface area (Å²) in [5, 5.41) is 3.67. The predicted molar refractivity (Wildman–Crippen MR) is 99.8 cm³/mol. The highest BCUT2D eigenvalue weighted by molar-refractivity contribution is 9.11. The third-order valence-corrected chi connectivity index (χ3v) is 4.56. The Hall–Kier alpha value is -1.99. The van der Waals surface area contributed by atoms with Crippen LogP contribution >= 0.6 is 31.9 Å². The van der Waals surface area contributed by atoms with Crippen LogP contribution in [0.4, 0.5) is 4.39 Å². The van der Waals surface area contributed by atoms with Crippen molar-refractivity contribution in [1.29, 1.82) is 0 Å². The first-order valence-corrected chi connectivity index (χ1v) is 8.87. The third kappa shape index (κ3) is 4.16. The van der Waals surface area contributed by atoms with Gasteiger partial charge in [0.2, 0.25) is 0 Å². The monoisotopic (exact) mass is 467 g/mol. The van der Waals surface area contributed by atoms with Gasteiger partial charge in [-0.25, -0.2) is 9.18 Å². The second kappa shape index (κ2) is 7.49. The van der Waals surface area contributed by atoms with E-state index in [1.165, 1.54) is 12.1 Å². The van der Waals surface area contributed by atoms with Crippen molar-refractivity contribution in [2.45, 2.75) is 13.5 Å². The quantitative estimate of drug-likeness (QED) is 0.455. The van der Waals surface area contributed by atoms with Crippen LogP contribution in [0, 0.1) is 5.82 Å². The van der Waals surface area contributed by atoms with E-state index in [1.807, 2.05) is 12.1 Å². The van der Waals surface area contributed by atoms with Gasteiger partial charge in [0.25, 0.3) is 0 Å². The molecule has 0 aromatic heterocycles. The van der Waals surface area contributed by atoms with E-state index in [0.29, 0.717) is 22.6 Å². The summed E-state index contributed by atoms with van der Waals surface area (Å²) in [5.74, 6) is -0.237. The highest BCUT2D eigenvalue weighted by atomic mass is 79.9. The fourth-order valence-electron chi connectivity index (χ4n) is 2.25. The van der Waals surface area contributed by atoms with E-state index in [4.69, 9.17) is 4.74 Å². The Balaban J connectivity index is 1.93. The van der Waals surface area contributed by atoms with Crippen molar-refractivity contribution in [3.63, 3.8) is 0 Å². The molecule has 0 unspecified atom stereocenters. The molecule has 2 aromatic carbocycles. The van der Waals surface area contributed by atoms with Crippen LogP contribution in [-0.4, -0.2) is 11.7 Å². The Morgan fingerprint density at radius 3 is 2.60 bits per heavy atom. The van der Waals surface area contributed by atoms with Gasteiger partial charge in [-0.3, -0.25) is 0 Å². The van der Waals surface area contributed by atoms with Crippen LogP contribution in [0.1, 0.15) is 18.1 Å². The Labute approximate surface area is 160 Å². The zero-order valence-electron chi connectivity index (χ0n) is 13.1. The van der Waals surface area contributed by atoms with Crippen LogP contribution in [0.3, 0.4) is 0 Å². The Kier molecular flexibility index (Phi) is 5.34. The molecule has 0 radical (unpaired) electrons. The molecule has 0 amide bonds. The van der Waals surface area contributed by atoms with Gasteiger partial charge in [0.1, 0.15) is 18.2 Å². The molecule has 1 heterocycles. The van der Waals surface area contributed by atoms with Gasteiger partial charge >= 0.3 is 5.97 Å². The van der Waals surface area contributed by atoms with Crippen LogP contribution in [0.25, 0.3) is 6.08 Å². The number of carbonyl (C=O) groups excluding carboxylic acids is 1. The van der Waals surface area contributed by atoms with E-state index in [1.54, 1.807) is 25.1 Å². The van der Waals surface area contributed by atoms with Gasteiger partial charge in [0, 0.05) is 10.0 Å². The number of hydrogen-bond acceptors (Lipinski definition) is 4. The molecule has 4 nitrogen and oxygen atoms in total. The summed E-state index contributed by atoms with van der Waals surface area (Å²) >= 11 is 6.90. The Morgan fingerprint density at radius 2 is 1.96 bits per heavy atom. The summed E-state index contributed by atoms with van der Waals surface area (Å²) in [6.45, 7) is 1.96. The van der Waals surface area contributed by atoms with Gasteiger partial charge in [0.15, 0.2) is 0 Å². The molecular formula is C18H12Br2FNO3. The molecule has 0 saturated heterocycles. The lowest BCUT2D eigenvalue weighted by atomic mass is 10.1. The summed E-state index contributed by atoms with van der Waals surface area (Å²) < 4.78 is 20.4. The van der Waals surface area contributed by atoms with Crippen molar-refractivity contribution >= 4 is 49.6 Å². The first-order valence-electron chi connectivity index (χ1n) is 7.28. The lowest BCUT2D eigenvalue weighted by Crippen LogP contribution is -2.03. The minimum absolute atomic E-state index is 0.258. The maximum Gasteiger partial charge on any atom is 0.367 e. The van der Waals surface area contributed by atoms with Crippen molar-refractivity contribution in [3.05, 3.63) is 67.9 Å². The first kappa shape index (κ1) is 17.8. The Bertz CT molecular complexity index is 892. The van der Waals surface area contributed by atoms with E-state index >= 15 is 0 Å². The molecule has 3 rings (SSSR count). The maximum atomic E-state index is 13.0. The number of rotatable bonds is 4. The van der Waals surface area contributed by atoms with Crippen LogP contribution in [-0.2, 0) is 16.2 Å². The number of hydrogen-bond donors (Lipinski definition) is 0. The smallest absolute Gasteiger partial charge is 0.367 e. The normalized spacial score (nSPS) is 15.3. The summed E-state index contributed by atoms with van der Waals surface area (Å²) in [6.07, 6.45) is 1.67. The molecular weight excluding hydrogens is 457 g/mol. The zero-order chi connectivity index (χ0) is 18.0. The molecule has 7 heteroatoms. The number of ether oxygens (including phenoxy) is 1. The molecule has 0 aliphatic carbocycles. The molecule has 0 spiro atoms. The van der Waals surface area contributed by atoms with Gasteiger partial charge < -0.3 is 9.57 Å². The van der Waals surface area contributed by atoms with E-state index in [0.717, 1.165) is 14.5 Å². The fourth-order valence-corrected chi connectivity index (χ4v) is 3.62. The van der Waals surface area contributed by atoms with Crippen molar-refractivity contribution in [2.24, 2.45) is 5.16 Å². The predicted octanol–water partition coefficient (Wildman–Crippen LogP) is 5.25. The van der Waals surface area contributed by atoms with Crippen molar-refractivity contribution in [3.8, 4) is 5.75 Å². The molecule has 25 heavy (non-hydrogen) atoms. The molecule has 1 aliphatic rings.